The average molecular weight is 397 g/mol. The molecule has 3 rings (SSSR count). The molecule has 1 amide bonds. The second kappa shape index (κ2) is 10.4. The largest absolute Gasteiger partial charge is 0.496 e. The third-order valence-corrected chi connectivity index (χ3v) is 4.63. The van der Waals surface area contributed by atoms with Crippen LogP contribution in [0.2, 0.25) is 0 Å². The number of ether oxygens (including phenoxy) is 1. The van der Waals surface area contributed by atoms with E-state index in [1.807, 2.05) is 48.1 Å². The molecule has 0 saturated carbocycles. The van der Waals surface area contributed by atoms with Gasteiger partial charge in [0.05, 0.1) is 7.11 Å². The minimum absolute atomic E-state index is 0.0215. The van der Waals surface area contributed by atoms with Gasteiger partial charge in [-0.15, -0.1) is 10.2 Å². The Bertz CT molecular complexity index is 891. The third-order valence-electron chi connectivity index (χ3n) is 4.63. The minimum Gasteiger partial charge on any atom is -0.496 e. The number of hydrogen-bond donors (Lipinski definition) is 1. The molecule has 154 valence electrons. The number of methoxy groups -OCH3 is 1. The molecule has 0 aliphatic carbocycles. The normalized spacial score (nSPS) is 11.9. The summed E-state index contributed by atoms with van der Waals surface area (Å²) in [5.41, 5.74) is 1.10. The fourth-order valence-corrected chi connectivity index (χ4v) is 3.04. The van der Waals surface area contributed by atoms with Crippen LogP contribution in [-0.4, -0.2) is 39.0 Å². The number of hydrogen-bond acceptors (Lipinski definition) is 6. The van der Waals surface area contributed by atoms with Crippen LogP contribution >= 0.6 is 0 Å². The Hall–Kier alpha value is -3.16. The van der Waals surface area contributed by atoms with Gasteiger partial charge in [-0.05, 0) is 37.5 Å². The lowest BCUT2D eigenvalue weighted by Gasteiger charge is -2.13. The maximum absolute atomic E-state index is 12.1. The van der Waals surface area contributed by atoms with E-state index in [0.717, 1.165) is 30.7 Å². The van der Waals surface area contributed by atoms with E-state index in [-0.39, 0.29) is 11.9 Å². The molecular formula is C21H27N5O3. The summed E-state index contributed by atoms with van der Waals surface area (Å²) in [5.74, 6) is 1.88. The van der Waals surface area contributed by atoms with E-state index < -0.39 is 0 Å². The number of carbonyl (C=O) groups is 1. The quantitative estimate of drug-likeness (QED) is 0.534. The van der Waals surface area contributed by atoms with Crippen molar-refractivity contribution >= 4 is 5.91 Å². The highest BCUT2D eigenvalue weighted by Gasteiger charge is 2.12. The van der Waals surface area contributed by atoms with Crippen LogP contribution in [0.25, 0.3) is 0 Å². The monoisotopic (exact) mass is 397 g/mol. The van der Waals surface area contributed by atoms with Gasteiger partial charge in [0.2, 0.25) is 17.7 Å². The molecule has 29 heavy (non-hydrogen) atoms. The molecule has 0 radical (unpaired) electrons. The van der Waals surface area contributed by atoms with Gasteiger partial charge in [0.15, 0.2) is 0 Å². The van der Waals surface area contributed by atoms with Gasteiger partial charge in [-0.1, -0.05) is 18.2 Å². The standard InChI is InChI=1S/C21H27N5O3/c1-16(12-15-26-14-5-13-22-26)23-19(27)9-11-21-25-24-20(29-21)10-8-17-6-3-4-7-18(17)28-2/h3-7,13-14,16H,8-12,15H2,1-2H3,(H,23,27)/t16-/m0/s1. The number of aromatic nitrogens is 4. The maximum atomic E-state index is 12.1. The van der Waals surface area contributed by atoms with Gasteiger partial charge in [-0.3, -0.25) is 9.48 Å². The number of nitrogens with one attached hydrogen (secondary N) is 1. The predicted molar refractivity (Wildman–Crippen MR) is 107 cm³/mol. The van der Waals surface area contributed by atoms with Crippen LogP contribution < -0.4 is 10.1 Å². The van der Waals surface area contributed by atoms with Gasteiger partial charge in [-0.2, -0.15) is 5.10 Å². The van der Waals surface area contributed by atoms with Crippen molar-refractivity contribution in [2.45, 2.75) is 51.6 Å². The molecule has 0 aliphatic rings. The second-order valence-electron chi connectivity index (χ2n) is 6.93. The fourth-order valence-electron chi connectivity index (χ4n) is 3.04. The first-order valence-corrected chi connectivity index (χ1v) is 9.84. The Labute approximate surface area is 170 Å². The van der Waals surface area contributed by atoms with Crippen molar-refractivity contribution in [3.05, 3.63) is 60.1 Å². The second-order valence-corrected chi connectivity index (χ2v) is 6.93. The molecule has 1 N–H and O–H groups in total. The van der Waals surface area contributed by atoms with Gasteiger partial charge in [0.1, 0.15) is 5.75 Å². The lowest BCUT2D eigenvalue weighted by molar-refractivity contribution is -0.121. The van der Waals surface area contributed by atoms with Crippen LogP contribution in [-0.2, 0) is 30.6 Å². The van der Waals surface area contributed by atoms with Gasteiger partial charge in [0.25, 0.3) is 0 Å². The highest BCUT2D eigenvalue weighted by atomic mass is 16.5. The van der Waals surface area contributed by atoms with E-state index in [1.54, 1.807) is 13.3 Å². The highest BCUT2D eigenvalue weighted by Crippen LogP contribution is 2.19. The van der Waals surface area contributed by atoms with Crippen LogP contribution in [0.3, 0.4) is 0 Å². The van der Waals surface area contributed by atoms with Crippen LogP contribution in [0.15, 0.2) is 47.1 Å². The van der Waals surface area contributed by atoms with Crippen LogP contribution in [0.1, 0.15) is 37.1 Å². The number of para-hydroxylation sites is 1. The summed E-state index contributed by atoms with van der Waals surface area (Å²) in [6.07, 6.45) is 6.61. The van der Waals surface area contributed by atoms with Crippen LogP contribution in [0.5, 0.6) is 5.75 Å². The van der Waals surface area contributed by atoms with Crippen molar-refractivity contribution in [2.24, 2.45) is 0 Å². The van der Waals surface area contributed by atoms with E-state index in [2.05, 4.69) is 20.6 Å². The SMILES string of the molecule is COc1ccccc1CCc1nnc(CCC(=O)N[C@@H](C)CCn2cccn2)o1. The van der Waals surface area contributed by atoms with Crippen molar-refractivity contribution in [3.8, 4) is 5.75 Å². The average Bonchev–Trinajstić information content (AvgIpc) is 3.41. The van der Waals surface area contributed by atoms with Crippen LogP contribution in [0, 0.1) is 0 Å². The summed E-state index contributed by atoms with van der Waals surface area (Å²) in [7, 11) is 1.66. The molecule has 2 heterocycles. The molecule has 1 aromatic carbocycles. The lowest BCUT2D eigenvalue weighted by Crippen LogP contribution is -2.33. The molecule has 0 spiro atoms. The molecule has 0 fully saturated rings. The zero-order valence-electron chi connectivity index (χ0n) is 16.9. The zero-order chi connectivity index (χ0) is 20.5. The topological polar surface area (TPSA) is 95.1 Å². The van der Waals surface area contributed by atoms with E-state index in [9.17, 15) is 4.79 Å². The van der Waals surface area contributed by atoms with Crippen molar-refractivity contribution in [3.63, 3.8) is 0 Å². The molecule has 0 saturated heterocycles. The molecule has 0 aliphatic heterocycles. The fraction of sp³-hybridized carbons (Fsp3) is 0.429. The Balaban J connectivity index is 1.38. The summed E-state index contributed by atoms with van der Waals surface area (Å²) in [6.45, 7) is 2.76. The Morgan fingerprint density at radius 2 is 1.97 bits per heavy atom. The number of amides is 1. The first-order valence-electron chi connectivity index (χ1n) is 9.84. The molecular weight excluding hydrogens is 370 g/mol. The predicted octanol–water partition coefficient (Wildman–Crippen LogP) is 2.59. The number of rotatable bonds is 11. The number of benzene rings is 1. The number of nitrogens with zero attached hydrogens (tertiary/aromatic N) is 4. The van der Waals surface area contributed by atoms with Crippen molar-refractivity contribution in [2.75, 3.05) is 7.11 Å². The summed E-state index contributed by atoms with van der Waals surface area (Å²) in [6, 6.07) is 9.84. The van der Waals surface area contributed by atoms with E-state index >= 15 is 0 Å². The van der Waals surface area contributed by atoms with Gasteiger partial charge in [-0.25, -0.2) is 0 Å². The maximum Gasteiger partial charge on any atom is 0.220 e. The van der Waals surface area contributed by atoms with E-state index in [4.69, 9.17) is 9.15 Å². The van der Waals surface area contributed by atoms with Gasteiger partial charge < -0.3 is 14.5 Å². The molecule has 8 nitrogen and oxygen atoms in total. The molecule has 0 bridgehead atoms. The molecule has 8 heteroatoms. The van der Waals surface area contributed by atoms with E-state index in [1.165, 1.54) is 0 Å². The summed E-state index contributed by atoms with van der Waals surface area (Å²) in [5, 5.41) is 15.3. The molecule has 2 aromatic heterocycles. The van der Waals surface area contributed by atoms with Crippen molar-refractivity contribution in [1.82, 2.24) is 25.3 Å². The van der Waals surface area contributed by atoms with Crippen LogP contribution in [0.4, 0.5) is 0 Å². The Kier molecular flexibility index (Phi) is 7.38. The smallest absolute Gasteiger partial charge is 0.220 e. The molecule has 3 aromatic rings. The first kappa shape index (κ1) is 20.6. The highest BCUT2D eigenvalue weighted by molar-refractivity contribution is 5.76. The Morgan fingerprint density at radius 1 is 1.17 bits per heavy atom. The molecule has 0 unspecified atom stereocenters. The van der Waals surface area contributed by atoms with Gasteiger partial charge in [0, 0.05) is 44.2 Å². The van der Waals surface area contributed by atoms with E-state index in [0.29, 0.717) is 31.0 Å². The first-order chi connectivity index (χ1) is 14.1. The zero-order valence-corrected chi connectivity index (χ0v) is 16.9. The number of carbonyl (C=O) groups excluding carboxylic acids is 1. The Morgan fingerprint density at radius 3 is 2.72 bits per heavy atom. The van der Waals surface area contributed by atoms with Gasteiger partial charge >= 0.3 is 0 Å². The van der Waals surface area contributed by atoms with Crippen molar-refractivity contribution in [1.29, 1.82) is 0 Å². The summed E-state index contributed by atoms with van der Waals surface area (Å²) < 4.78 is 12.9. The molecule has 1 atom stereocenters. The summed E-state index contributed by atoms with van der Waals surface area (Å²) in [4.78, 5) is 12.1. The van der Waals surface area contributed by atoms with Crippen molar-refractivity contribution < 1.29 is 13.9 Å². The lowest BCUT2D eigenvalue weighted by atomic mass is 10.1. The minimum atomic E-state index is -0.0215. The third kappa shape index (κ3) is 6.44. The number of aryl methyl sites for hydroxylation is 4. The summed E-state index contributed by atoms with van der Waals surface area (Å²) >= 11 is 0.